The molecule has 2 aliphatic rings. The molecule has 9 heteroatoms. The van der Waals surface area contributed by atoms with Crippen molar-refractivity contribution in [3.05, 3.63) is 48.6 Å². The first kappa shape index (κ1) is 19.4. The lowest BCUT2D eigenvalue weighted by Gasteiger charge is -2.21. The van der Waals surface area contributed by atoms with E-state index in [2.05, 4.69) is 16.6 Å². The van der Waals surface area contributed by atoms with E-state index in [1.807, 2.05) is 30.3 Å². The molecule has 8 nitrogen and oxygen atoms in total. The largest absolute Gasteiger partial charge is 0.465 e. The predicted molar refractivity (Wildman–Crippen MR) is 97.3 cm³/mol. The highest BCUT2D eigenvalue weighted by Crippen LogP contribution is 2.47. The number of nitrogens with one attached hydrogen (secondary N) is 2. The zero-order valence-electron chi connectivity index (χ0n) is 14.7. The van der Waals surface area contributed by atoms with Crippen LogP contribution in [0.15, 0.2) is 43.0 Å². The number of benzene rings is 1. The zero-order valence-corrected chi connectivity index (χ0v) is 15.5. The van der Waals surface area contributed by atoms with Crippen LogP contribution < -0.4 is 10.0 Å². The fourth-order valence-electron chi connectivity index (χ4n) is 3.11. The van der Waals surface area contributed by atoms with Gasteiger partial charge in [-0.15, -0.1) is 6.58 Å². The Morgan fingerprint density at radius 3 is 2.48 bits per heavy atom. The van der Waals surface area contributed by atoms with Gasteiger partial charge in [0.05, 0.1) is 13.2 Å². The third kappa shape index (κ3) is 3.84. The number of carboxylic acid groups (broad SMARTS) is 1. The lowest BCUT2D eigenvalue weighted by atomic mass is 10.2. The number of amides is 2. The molecule has 0 saturated heterocycles. The lowest BCUT2D eigenvalue weighted by Crippen LogP contribution is -2.54. The predicted octanol–water partition coefficient (Wildman–Crippen LogP) is 1.39. The molecule has 2 fully saturated rings. The molecule has 146 valence electrons. The molecule has 2 amide bonds. The number of carbonyl (C=O) groups is 2. The second kappa shape index (κ2) is 6.97. The van der Waals surface area contributed by atoms with Crippen molar-refractivity contribution in [2.45, 2.75) is 36.2 Å². The summed E-state index contributed by atoms with van der Waals surface area (Å²) in [4.78, 5) is 23.5. The summed E-state index contributed by atoms with van der Waals surface area (Å²) in [6.45, 7) is 3.79. The Hall–Kier alpha value is -2.39. The van der Waals surface area contributed by atoms with Gasteiger partial charge in [-0.05, 0) is 24.8 Å². The second-order valence-corrected chi connectivity index (χ2v) is 9.12. The normalized spacial score (nSPS) is 25.3. The standard InChI is InChI=1S/C18H22N2O6S/c1-2-14-10-18(14,19-16(22)23)15(21)20-27(24,25)17(8-9-17)12-26-11-13-6-4-3-5-7-13/h2-7,14,19H,1,8-12H2,(H,20,21)(H,22,23)/t14-,18-/m1/s1. The van der Waals surface area contributed by atoms with Crippen LogP contribution in [0.2, 0.25) is 0 Å². The van der Waals surface area contributed by atoms with Crippen molar-refractivity contribution in [1.29, 1.82) is 0 Å². The molecule has 2 saturated carbocycles. The van der Waals surface area contributed by atoms with Crippen LogP contribution in [0.4, 0.5) is 4.79 Å². The number of ether oxygens (including phenoxy) is 1. The second-order valence-electron chi connectivity index (χ2n) is 7.04. The van der Waals surface area contributed by atoms with Gasteiger partial charge in [0.15, 0.2) is 0 Å². The number of rotatable bonds is 9. The van der Waals surface area contributed by atoms with E-state index in [9.17, 15) is 18.0 Å². The summed E-state index contributed by atoms with van der Waals surface area (Å²) >= 11 is 0. The molecule has 1 aromatic rings. The topological polar surface area (TPSA) is 122 Å². The lowest BCUT2D eigenvalue weighted by molar-refractivity contribution is -0.122. The summed E-state index contributed by atoms with van der Waals surface area (Å²) in [5.74, 6) is -1.31. The average molecular weight is 394 g/mol. The Balaban J connectivity index is 1.62. The van der Waals surface area contributed by atoms with E-state index in [0.29, 0.717) is 12.8 Å². The van der Waals surface area contributed by atoms with E-state index in [1.165, 1.54) is 6.08 Å². The van der Waals surface area contributed by atoms with E-state index >= 15 is 0 Å². The van der Waals surface area contributed by atoms with E-state index in [4.69, 9.17) is 9.84 Å². The van der Waals surface area contributed by atoms with Crippen LogP contribution in [0, 0.1) is 5.92 Å². The molecule has 2 atom stereocenters. The maximum atomic E-state index is 12.7. The molecule has 1 aromatic carbocycles. The maximum Gasteiger partial charge on any atom is 0.405 e. The SMILES string of the molecule is C=C[C@@H]1C[C@]1(NC(=O)O)C(=O)NS(=O)(=O)C1(COCc2ccccc2)CC1. The number of hydrogen-bond donors (Lipinski definition) is 3. The molecule has 0 spiro atoms. The van der Waals surface area contributed by atoms with Gasteiger partial charge in [-0.2, -0.15) is 0 Å². The van der Waals surface area contributed by atoms with Gasteiger partial charge in [-0.3, -0.25) is 9.52 Å². The van der Waals surface area contributed by atoms with E-state index in [1.54, 1.807) is 0 Å². The Bertz CT molecular complexity index is 850. The van der Waals surface area contributed by atoms with Gasteiger partial charge in [-0.1, -0.05) is 36.4 Å². The smallest absolute Gasteiger partial charge is 0.405 e. The summed E-state index contributed by atoms with van der Waals surface area (Å²) < 4.78 is 31.9. The molecule has 0 radical (unpaired) electrons. The summed E-state index contributed by atoms with van der Waals surface area (Å²) in [5, 5.41) is 11.1. The molecule has 0 aliphatic heterocycles. The Morgan fingerprint density at radius 2 is 1.96 bits per heavy atom. The third-order valence-electron chi connectivity index (χ3n) is 5.12. The highest BCUT2D eigenvalue weighted by molar-refractivity contribution is 7.91. The molecule has 27 heavy (non-hydrogen) atoms. The zero-order chi connectivity index (χ0) is 19.7. The molecule has 3 rings (SSSR count). The summed E-state index contributed by atoms with van der Waals surface area (Å²) in [5.41, 5.74) is -0.548. The van der Waals surface area contributed by atoms with Gasteiger partial charge in [0, 0.05) is 5.92 Å². The molecule has 0 heterocycles. The Kier molecular flexibility index (Phi) is 5.00. The number of hydrogen-bond acceptors (Lipinski definition) is 5. The van der Waals surface area contributed by atoms with Crippen molar-refractivity contribution in [1.82, 2.24) is 10.0 Å². The highest BCUT2D eigenvalue weighted by atomic mass is 32.2. The van der Waals surface area contributed by atoms with Crippen LogP contribution in [0.3, 0.4) is 0 Å². The highest BCUT2D eigenvalue weighted by Gasteiger charge is 2.63. The van der Waals surface area contributed by atoms with E-state index < -0.39 is 38.2 Å². The molecule has 2 aliphatic carbocycles. The van der Waals surface area contributed by atoms with Crippen LogP contribution in [-0.4, -0.2) is 42.4 Å². The fraction of sp³-hybridized carbons (Fsp3) is 0.444. The molecular weight excluding hydrogens is 372 g/mol. The summed E-state index contributed by atoms with van der Waals surface area (Å²) in [6.07, 6.45) is 1.00. The Labute approximate surface area is 157 Å². The van der Waals surface area contributed by atoms with Crippen molar-refractivity contribution >= 4 is 22.0 Å². The van der Waals surface area contributed by atoms with Gasteiger partial charge in [0.25, 0.3) is 5.91 Å². The minimum absolute atomic E-state index is 0.0330. The summed E-state index contributed by atoms with van der Waals surface area (Å²) in [6, 6.07) is 9.35. The van der Waals surface area contributed by atoms with Crippen molar-refractivity contribution in [2.75, 3.05) is 6.61 Å². The third-order valence-corrected chi connectivity index (χ3v) is 7.24. The van der Waals surface area contributed by atoms with Crippen LogP contribution in [0.5, 0.6) is 0 Å². The van der Waals surface area contributed by atoms with Crippen molar-refractivity contribution in [3.63, 3.8) is 0 Å². The molecule has 3 N–H and O–H groups in total. The van der Waals surface area contributed by atoms with Crippen molar-refractivity contribution in [3.8, 4) is 0 Å². The van der Waals surface area contributed by atoms with Gasteiger partial charge >= 0.3 is 6.09 Å². The number of sulfonamides is 1. The fourth-order valence-corrected chi connectivity index (χ4v) is 4.63. The van der Waals surface area contributed by atoms with Gasteiger partial charge in [-0.25, -0.2) is 13.2 Å². The maximum absolute atomic E-state index is 12.7. The minimum atomic E-state index is -4.00. The monoisotopic (exact) mass is 394 g/mol. The van der Waals surface area contributed by atoms with Gasteiger partial charge in [0.1, 0.15) is 10.3 Å². The Morgan fingerprint density at radius 1 is 1.30 bits per heavy atom. The average Bonchev–Trinajstić information content (AvgIpc) is 3.51. The van der Waals surface area contributed by atoms with Crippen molar-refractivity contribution < 1.29 is 27.9 Å². The molecule has 0 bridgehead atoms. The van der Waals surface area contributed by atoms with Gasteiger partial charge < -0.3 is 15.2 Å². The first-order valence-corrected chi connectivity index (χ1v) is 10.1. The first-order valence-electron chi connectivity index (χ1n) is 8.57. The molecule has 0 unspecified atom stereocenters. The minimum Gasteiger partial charge on any atom is -0.465 e. The van der Waals surface area contributed by atoms with Crippen LogP contribution >= 0.6 is 0 Å². The van der Waals surface area contributed by atoms with Crippen LogP contribution in [0.1, 0.15) is 24.8 Å². The van der Waals surface area contributed by atoms with Crippen molar-refractivity contribution in [2.24, 2.45) is 5.92 Å². The van der Waals surface area contributed by atoms with Crippen LogP contribution in [0.25, 0.3) is 0 Å². The quantitative estimate of drug-likeness (QED) is 0.544. The van der Waals surface area contributed by atoms with Gasteiger partial charge in [0.2, 0.25) is 10.0 Å². The van der Waals surface area contributed by atoms with E-state index in [0.717, 1.165) is 5.56 Å². The first-order chi connectivity index (χ1) is 12.7. The van der Waals surface area contributed by atoms with E-state index in [-0.39, 0.29) is 19.6 Å². The number of carbonyl (C=O) groups excluding carboxylic acids is 1. The molecule has 0 aromatic heterocycles. The summed E-state index contributed by atoms with van der Waals surface area (Å²) in [7, 11) is -4.00. The van der Waals surface area contributed by atoms with Crippen LogP contribution in [-0.2, 0) is 26.2 Å². The molecular formula is C18H22N2O6S.